The summed E-state index contributed by atoms with van der Waals surface area (Å²) in [5, 5.41) is 11.7. The van der Waals surface area contributed by atoms with E-state index in [0.717, 1.165) is 0 Å². The normalized spacial score (nSPS) is 10.5. The smallest absolute Gasteiger partial charge is 0.268 e. The molecule has 15 heavy (non-hydrogen) atoms. The van der Waals surface area contributed by atoms with E-state index in [1.165, 1.54) is 11.3 Å². The Morgan fingerprint density at radius 2 is 2.33 bits per heavy atom. The molecule has 2 N–H and O–H groups in total. The molecule has 0 amide bonds. The van der Waals surface area contributed by atoms with Crippen molar-refractivity contribution in [2.75, 3.05) is 0 Å². The Labute approximate surface area is 107 Å². The first-order valence-corrected chi connectivity index (χ1v) is 6.15. The van der Waals surface area contributed by atoms with E-state index in [9.17, 15) is 9.90 Å². The van der Waals surface area contributed by atoms with Crippen molar-refractivity contribution >= 4 is 45.5 Å². The van der Waals surface area contributed by atoms with Crippen LogP contribution in [0, 0.1) is 3.57 Å². The predicted molar refractivity (Wildman–Crippen MR) is 67.6 cm³/mol. The Morgan fingerprint density at radius 1 is 1.60 bits per heavy atom. The molecule has 2 rings (SSSR count). The lowest BCUT2D eigenvalue weighted by molar-refractivity contribution is 0.447. The average Bonchev–Trinajstić information content (AvgIpc) is 2.60. The first-order chi connectivity index (χ1) is 7.08. The van der Waals surface area contributed by atoms with E-state index in [2.05, 4.69) is 9.97 Å². The molecule has 0 fully saturated rings. The van der Waals surface area contributed by atoms with Crippen molar-refractivity contribution in [2.45, 2.75) is 0 Å². The Kier molecular flexibility index (Phi) is 2.98. The molecule has 4 nitrogen and oxygen atoms in total. The van der Waals surface area contributed by atoms with E-state index in [4.69, 9.17) is 11.6 Å². The standard InChI is InChI=1S/C8H4ClIN2O2S/c9-3-1-4(15-2-3)6-11-7(13)5(10)8(14)12-6/h1-2H,(H2,11,12,13,14). The van der Waals surface area contributed by atoms with Crippen LogP contribution in [-0.2, 0) is 0 Å². The number of aromatic nitrogens is 2. The number of hydrogen-bond acceptors (Lipinski definition) is 4. The lowest BCUT2D eigenvalue weighted by atomic mass is 10.4. The van der Waals surface area contributed by atoms with E-state index in [1.807, 2.05) is 0 Å². The summed E-state index contributed by atoms with van der Waals surface area (Å²) >= 11 is 8.83. The summed E-state index contributed by atoms with van der Waals surface area (Å²) in [5.41, 5.74) is -0.359. The third-order valence-electron chi connectivity index (χ3n) is 1.65. The molecule has 0 spiro atoms. The van der Waals surface area contributed by atoms with Gasteiger partial charge >= 0.3 is 0 Å². The molecule has 2 aromatic heterocycles. The van der Waals surface area contributed by atoms with E-state index in [-0.39, 0.29) is 15.0 Å². The van der Waals surface area contributed by atoms with Gasteiger partial charge < -0.3 is 10.1 Å². The Bertz CT molecular complexity index is 566. The summed E-state index contributed by atoms with van der Waals surface area (Å²) in [4.78, 5) is 18.5. The van der Waals surface area contributed by atoms with Gasteiger partial charge in [-0.05, 0) is 28.7 Å². The number of hydrogen-bond donors (Lipinski definition) is 2. The number of rotatable bonds is 1. The summed E-state index contributed by atoms with van der Waals surface area (Å²) in [7, 11) is 0. The van der Waals surface area contributed by atoms with Crippen molar-refractivity contribution in [2.24, 2.45) is 0 Å². The van der Waals surface area contributed by atoms with Gasteiger partial charge in [-0.25, -0.2) is 0 Å². The second kappa shape index (κ2) is 4.11. The van der Waals surface area contributed by atoms with Crippen LogP contribution < -0.4 is 5.56 Å². The van der Waals surface area contributed by atoms with Crippen molar-refractivity contribution in [1.82, 2.24) is 9.97 Å². The maximum Gasteiger partial charge on any atom is 0.268 e. The van der Waals surface area contributed by atoms with Crippen LogP contribution >= 0.6 is 45.5 Å². The number of aromatic hydroxyl groups is 1. The van der Waals surface area contributed by atoms with Gasteiger partial charge in [0.15, 0.2) is 5.82 Å². The third kappa shape index (κ3) is 2.16. The highest BCUT2D eigenvalue weighted by Gasteiger charge is 2.10. The molecule has 2 heterocycles. The van der Waals surface area contributed by atoms with Gasteiger partial charge in [0.25, 0.3) is 5.56 Å². The van der Waals surface area contributed by atoms with Crippen molar-refractivity contribution < 1.29 is 5.11 Å². The van der Waals surface area contributed by atoms with Gasteiger partial charge in [-0.3, -0.25) is 4.79 Å². The summed E-state index contributed by atoms with van der Waals surface area (Å²) in [6, 6.07) is 1.68. The number of nitrogens with zero attached hydrogens (tertiary/aromatic N) is 1. The van der Waals surface area contributed by atoms with Gasteiger partial charge in [-0.15, -0.1) is 11.3 Å². The summed E-state index contributed by atoms with van der Waals surface area (Å²) in [6.07, 6.45) is 0. The number of H-pyrrole nitrogens is 1. The van der Waals surface area contributed by atoms with E-state index < -0.39 is 0 Å². The zero-order valence-electron chi connectivity index (χ0n) is 7.12. The Balaban J connectivity index is 2.60. The van der Waals surface area contributed by atoms with Crippen molar-refractivity contribution in [3.05, 3.63) is 30.4 Å². The molecular formula is C8H4ClIN2O2S. The molecule has 0 aliphatic rings. The highest BCUT2D eigenvalue weighted by Crippen LogP contribution is 2.27. The van der Waals surface area contributed by atoms with Crippen LogP contribution in [0.15, 0.2) is 16.2 Å². The van der Waals surface area contributed by atoms with Crippen molar-refractivity contribution in [3.8, 4) is 16.6 Å². The monoisotopic (exact) mass is 354 g/mol. The number of halogens is 2. The molecular weight excluding hydrogens is 351 g/mol. The highest BCUT2D eigenvalue weighted by molar-refractivity contribution is 14.1. The van der Waals surface area contributed by atoms with E-state index >= 15 is 0 Å². The Hall–Kier alpha value is -0.600. The molecule has 7 heteroatoms. The maximum atomic E-state index is 11.3. The molecule has 0 radical (unpaired) electrons. The zero-order chi connectivity index (χ0) is 11.0. The number of nitrogens with one attached hydrogen (secondary N) is 1. The molecule has 0 saturated carbocycles. The quantitative estimate of drug-likeness (QED) is 0.773. The van der Waals surface area contributed by atoms with Crippen LogP contribution in [0.25, 0.3) is 10.7 Å². The minimum atomic E-state index is -0.359. The molecule has 0 aliphatic heterocycles. The summed E-state index contributed by atoms with van der Waals surface area (Å²) in [6.45, 7) is 0. The van der Waals surface area contributed by atoms with E-state index in [0.29, 0.717) is 15.7 Å². The van der Waals surface area contributed by atoms with Crippen molar-refractivity contribution in [1.29, 1.82) is 0 Å². The minimum Gasteiger partial charge on any atom is -0.492 e. The van der Waals surface area contributed by atoms with Gasteiger partial charge in [0.05, 0.1) is 9.90 Å². The second-order valence-electron chi connectivity index (χ2n) is 2.68. The second-order valence-corrected chi connectivity index (χ2v) is 5.11. The average molecular weight is 355 g/mol. The zero-order valence-corrected chi connectivity index (χ0v) is 10.9. The van der Waals surface area contributed by atoms with Crippen LogP contribution in [-0.4, -0.2) is 15.1 Å². The molecule has 0 aliphatic carbocycles. The SMILES string of the molecule is O=c1[nH]c(-c2cc(Cl)cs2)nc(O)c1I. The van der Waals surface area contributed by atoms with Gasteiger partial charge in [-0.2, -0.15) is 4.98 Å². The molecule has 0 bridgehead atoms. The molecule has 0 aromatic carbocycles. The lowest BCUT2D eigenvalue weighted by Gasteiger charge is -1.98. The summed E-state index contributed by atoms with van der Waals surface area (Å²) in [5.74, 6) is 0.0636. The number of thiophene rings is 1. The van der Waals surface area contributed by atoms with E-state index in [1.54, 1.807) is 34.0 Å². The fourth-order valence-corrected chi connectivity index (χ4v) is 2.27. The van der Waals surface area contributed by atoms with Crippen LogP contribution in [0.2, 0.25) is 5.02 Å². The fourth-order valence-electron chi connectivity index (χ4n) is 1.00. The number of aromatic amines is 1. The predicted octanol–water partition coefficient (Wildman–Crippen LogP) is 2.46. The van der Waals surface area contributed by atoms with Crippen LogP contribution in [0.5, 0.6) is 5.88 Å². The van der Waals surface area contributed by atoms with Crippen LogP contribution in [0.1, 0.15) is 0 Å². The Morgan fingerprint density at radius 3 is 2.87 bits per heavy atom. The highest BCUT2D eigenvalue weighted by atomic mass is 127. The van der Waals surface area contributed by atoms with Gasteiger partial charge in [0, 0.05) is 5.38 Å². The fraction of sp³-hybridized carbons (Fsp3) is 0. The minimum absolute atomic E-state index is 0.180. The largest absolute Gasteiger partial charge is 0.492 e. The molecule has 78 valence electrons. The molecule has 0 atom stereocenters. The maximum absolute atomic E-state index is 11.3. The summed E-state index contributed by atoms with van der Waals surface area (Å²) < 4.78 is 0.180. The topological polar surface area (TPSA) is 66.0 Å². The van der Waals surface area contributed by atoms with Gasteiger partial charge in [0.2, 0.25) is 5.88 Å². The molecule has 2 aromatic rings. The van der Waals surface area contributed by atoms with Gasteiger partial charge in [0.1, 0.15) is 3.57 Å². The van der Waals surface area contributed by atoms with Crippen LogP contribution in [0.4, 0.5) is 0 Å². The first-order valence-electron chi connectivity index (χ1n) is 3.81. The molecule has 0 unspecified atom stereocenters. The van der Waals surface area contributed by atoms with Gasteiger partial charge in [-0.1, -0.05) is 11.6 Å². The third-order valence-corrected chi connectivity index (χ3v) is 3.90. The van der Waals surface area contributed by atoms with Crippen LogP contribution in [0.3, 0.4) is 0 Å². The lowest BCUT2D eigenvalue weighted by Crippen LogP contribution is -2.11. The van der Waals surface area contributed by atoms with Crippen molar-refractivity contribution in [3.63, 3.8) is 0 Å². The first kappa shape index (κ1) is 10.9. The molecule has 0 saturated heterocycles.